The molecule has 2 saturated heterocycles. The smallest absolute Gasteiger partial charge is 0.254 e. The first kappa shape index (κ1) is 17.6. The molecule has 0 radical (unpaired) electrons. The number of hydrogen-bond donors (Lipinski definition) is 1. The van der Waals surface area contributed by atoms with E-state index in [1.807, 2.05) is 17.0 Å². The lowest BCUT2D eigenvalue weighted by atomic mass is 10.2. The molecule has 2 aliphatic rings. The molecule has 0 saturated carbocycles. The van der Waals surface area contributed by atoms with E-state index in [2.05, 4.69) is 9.88 Å². The van der Waals surface area contributed by atoms with Gasteiger partial charge in [-0.15, -0.1) is 0 Å². The third-order valence-electron chi connectivity index (χ3n) is 4.95. The van der Waals surface area contributed by atoms with Crippen LogP contribution in [0.3, 0.4) is 0 Å². The number of nitrogens with zero attached hydrogens (tertiary/aromatic N) is 3. The van der Waals surface area contributed by atoms with Crippen LogP contribution in [-0.2, 0) is 4.74 Å². The van der Waals surface area contributed by atoms with Crippen molar-refractivity contribution in [1.82, 2.24) is 9.88 Å². The lowest BCUT2D eigenvalue weighted by molar-refractivity contribution is 0.0745. The zero-order valence-electron chi connectivity index (χ0n) is 15.1. The lowest BCUT2D eigenvalue weighted by Gasteiger charge is -2.36. The number of phenols is 1. The molecule has 1 aromatic carbocycles. The Hall–Kier alpha value is -2.80. The molecule has 0 spiro atoms. The first-order chi connectivity index (χ1) is 13.2. The normalized spacial score (nSPS) is 19.9. The van der Waals surface area contributed by atoms with E-state index in [1.165, 1.54) is 0 Å². The summed E-state index contributed by atoms with van der Waals surface area (Å²) in [6.07, 6.45) is 2.45. The molecule has 142 valence electrons. The fraction of sp³-hybridized carbons (Fsp3) is 0.400. The minimum atomic E-state index is -0.0261. The Bertz CT molecular complexity index is 799. The SMILES string of the molecule is O=C(c1ccnc(OC2CCOC2)c1)N1CCN(c2ccccc2O)CC1. The minimum absolute atomic E-state index is 0.00458. The highest BCUT2D eigenvalue weighted by Gasteiger charge is 2.24. The van der Waals surface area contributed by atoms with Gasteiger partial charge in [-0.3, -0.25) is 4.79 Å². The third kappa shape index (κ3) is 3.98. The third-order valence-corrected chi connectivity index (χ3v) is 4.95. The molecule has 1 unspecified atom stereocenters. The highest BCUT2D eigenvalue weighted by Crippen LogP contribution is 2.27. The van der Waals surface area contributed by atoms with Gasteiger partial charge in [-0.2, -0.15) is 0 Å². The number of pyridine rings is 1. The number of ether oxygens (including phenoxy) is 2. The van der Waals surface area contributed by atoms with Crippen LogP contribution in [0.15, 0.2) is 42.6 Å². The monoisotopic (exact) mass is 369 g/mol. The molecule has 1 amide bonds. The second-order valence-electron chi connectivity index (χ2n) is 6.75. The summed E-state index contributed by atoms with van der Waals surface area (Å²) in [4.78, 5) is 21.0. The number of carbonyl (C=O) groups excluding carboxylic acids is 1. The highest BCUT2D eigenvalue weighted by molar-refractivity contribution is 5.94. The van der Waals surface area contributed by atoms with E-state index >= 15 is 0 Å². The number of aromatic hydroxyl groups is 1. The fourth-order valence-electron chi connectivity index (χ4n) is 3.45. The predicted molar refractivity (Wildman–Crippen MR) is 100 cm³/mol. The Morgan fingerprint density at radius 1 is 1.19 bits per heavy atom. The lowest BCUT2D eigenvalue weighted by Crippen LogP contribution is -2.48. The van der Waals surface area contributed by atoms with Crippen molar-refractivity contribution in [3.8, 4) is 11.6 Å². The van der Waals surface area contributed by atoms with E-state index < -0.39 is 0 Å². The van der Waals surface area contributed by atoms with E-state index in [-0.39, 0.29) is 17.8 Å². The number of aromatic nitrogens is 1. The fourth-order valence-corrected chi connectivity index (χ4v) is 3.45. The maximum atomic E-state index is 12.8. The van der Waals surface area contributed by atoms with E-state index in [4.69, 9.17) is 9.47 Å². The molecular weight excluding hydrogens is 346 g/mol. The molecule has 2 aromatic rings. The van der Waals surface area contributed by atoms with Gasteiger partial charge in [0.15, 0.2) is 0 Å². The number of phenolic OH excluding ortho intramolecular Hbond substituents is 1. The quantitative estimate of drug-likeness (QED) is 0.888. The van der Waals surface area contributed by atoms with Crippen LogP contribution in [0.4, 0.5) is 5.69 Å². The van der Waals surface area contributed by atoms with Gasteiger partial charge in [0.2, 0.25) is 5.88 Å². The minimum Gasteiger partial charge on any atom is -0.506 e. The predicted octanol–water partition coefficient (Wildman–Crippen LogP) is 1.92. The highest BCUT2D eigenvalue weighted by atomic mass is 16.5. The van der Waals surface area contributed by atoms with Crippen LogP contribution in [0.1, 0.15) is 16.8 Å². The second-order valence-corrected chi connectivity index (χ2v) is 6.75. The first-order valence-corrected chi connectivity index (χ1v) is 9.23. The summed E-state index contributed by atoms with van der Waals surface area (Å²) in [5.41, 5.74) is 1.39. The maximum Gasteiger partial charge on any atom is 0.254 e. The summed E-state index contributed by atoms with van der Waals surface area (Å²) in [6, 6.07) is 10.7. The zero-order valence-corrected chi connectivity index (χ0v) is 15.1. The number of anilines is 1. The van der Waals surface area contributed by atoms with E-state index in [1.54, 1.807) is 30.5 Å². The van der Waals surface area contributed by atoms with Gasteiger partial charge in [0.25, 0.3) is 5.91 Å². The molecule has 1 aromatic heterocycles. The van der Waals surface area contributed by atoms with Crippen molar-refractivity contribution in [2.75, 3.05) is 44.3 Å². The van der Waals surface area contributed by atoms with Gasteiger partial charge in [-0.05, 0) is 18.2 Å². The van der Waals surface area contributed by atoms with Crippen LogP contribution < -0.4 is 9.64 Å². The first-order valence-electron chi connectivity index (χ1n) is 9.23. The van der Waals surface area contributed by atoms with Crippen molar-refractivity contribution >= 4 is 11.6 Å². The molecule has 7 heteroatoms. The van der Waals surface area contributed by atoms with Crippen LogP contribution in [0.2, 0.25) is 0 Å². The van der Waals surface area contributed by atoms with Gasteiger partial charge < -0.3 is 24.4 Å². The van der Waals surface area contributed by atoms with Gasteiger partial charge in [0.1, 0.15) is 11.9 Å². The number of benzene rings is 1. The molecule has 2 aliphatic heterocycles. The number of amides is 1. The van der Waals surface area contributed by atoms with E-state index in [0.717, 1.165) is 12.1 Å². The summed E-state index contributed by atoms with van der Waals surface area (Å²) in [5.74, 6) is 0.704. The van der Waals surface area contributed by atoms with Gasteiger partial charge in [-0.25, -0.2) is 4.98 Å². The number of para-hydroxylation sites is 2. The average Bonchev–Trinajstić information content (AvgIpc) is 3.21. The van der Waals surface area contributed by atoms with Gasteiger partial charge >= 0.3 is 0 Å². The average molecular weight is 369 g/mol. The summed E-state index contributed by atoms with van der Waals surface area (Å²) in [7, 11) is 0. The van der Waals surface area contributed by atoms with Crippen LogP contribution in [0, 0.1) is 0 Å². The van der Waals surface area contributed by atoms with Crippen LogP contribution in [-0.4, -0.2) is 66.4 Å². The van der Waals surface area contributed by atoms with Crippen LogP contribution in [0.5, 0.6) is 11.6 Å². The summed E-state index contributed by atoms with van der Waals surface area (Å²) >= 11 is 0. The van der Waals surface area contributed by atoms with Gasteiger partial charge in [-0.1, -0.05) is 12.1 Å². The standard InChI is InChI=1S/C20H23N3O4/c24-18-4-2-1-3-17(18)22-8-10-23(11-9-22)20(25)15-5-7-21-19(13-15)27-16-6-12-26-14-16/h1-5,7,13,16,24H,6,8-12,14H2. The van der Waals surface area contributed by atoms with Crippen molar-refractivity contribution in [2.24, 2.45) is 0 Å². The molecule has 7 nitrogen and oxygen atoms in total. The summed E-state index contributed by atoms with van der Waals surface area (Å²) in [5, 5.41) is 10.0. The van der Waals surface area contributed by atoms with Crippen molar-refractivity contribution in [3.05, 3.63) is 48.2 Å². The molecule has 4 rings (SSSR count). The number of carbonyl (C=O) groups is 1. The molecule has 3 heterocycles. The van der Waals surface area contributed by atoms with E-state index in [9.17, 15) is 9.90 Å². The summed E-state index contributed by atoms with van der Waals surface area (Å²) < 4.78 is 11.1. The Morgan fingerprint density at radius 3 is 2.74 bits per heavy atom. The molecule has 0 aliphatic carbocycles. The topological polar surface area (TPSA) is 75.1 Å². The Labute approximate surface area is 158 Å². The van der Waals surface area contributed by atoms with Crippen LogP contribution >= 0.6 is 0 Å². The Kier molecular flexibility index (Phi) is 5.11. The number of hydrogen-bond acceptors (Lipinski definition) is 6. The molecule has 1 N–H and O–H groups in total. The van der Waals surface area contributed by atoms with Crippen molar-refractivity contribution in [3.63, 3.8) is 0 Å². The molecule has 27 heavy (non-hydrogen) atoms. The van der Waals surface area contributed by atoms with Crippen LogP contribution in [0.25, 0.3) is 0 Å². The van der Waals surface area contributed by atoms with Crippen molar-refractivity contribution in [2.45, 2.75) is 12.5 Å². The molecular formula is C20H23N3O4. The van der Waals surface area contributed by atoms with Crippen molar-refractivity contribution < 1.29 is 19.4 Å². The maximum absolute atomic E-state index is 12.8. The van der Waals surface area contributed by atoms with Gasteiger partial charge in [0, 0.05) is 50.4 Å². The van der Waals surface area contributed by atoms with E-state index in [0.29, 0.717) is 50.8 Å². The Morgan fingerprint density at radius 2 is 2.00 bits per heavy atom. The molecule has 2 fully saturated rings. The zero-order chi connectivity index (χ0) is 18.6. The number of piperazine rings is 1. The number of rotatable bonds is 4. The largest absolute Gasteiger partial charge is 0.506 e. The Balaban J connectivity index is 1.38. The molecule has 1 atom stereocenters. The second kappa shape index (κ2) is 7.84. The van der Waals surface area contributed by atoms with Gasteiger partial charge in [0.05, 0.1) is 18.9 Å². The molecule has 0 bridgehead atoms. The van der Waals surface area contributed by atoms with Crippen molar-refractivity contribution in [1.29, 1.82) is 0 Å². The summed E-state index contributed by atoms with van der Waals surface area (Å²) in [6.45, 7) is 3.82.